The Morgan fingerprint density at radius 3 is 2.95 bits per heavy atom. The SMILES string of the molecule is Cn1cc(C(N)C(=O)NCC2CCCC2C(=O)O)cn1. The first kappa shape index (κ1) is 14.5. The number of carbonyl (C=O) groups is 2. The molecule has 1 aliphatic carbocycles. The molecular weight excluding hydrogens is 260 g/mol. The minimum absolute atomic E-state index is 0.00227. The molecular formula is C13H20N4O3. The Labute approximate surface area is 117 Å². The molecule has 1 aromatic heterocycles. The van der Waals surface area contributed by atoms with Crippen LogP contribution in [0.1, 0.15) is 30.9 Å². The summed E-state index contributed by atoms with van der Waals surface area (Å²) in [7, 11) is 1.75. The summed E-state index contributed by atoms with van der Waals surface area (Å²) in [5.41, 5.74) is 6.49. The maximum absolute atomic E-state index is 12.0. The lowest BCUT2D eigenvalue weighted by Crippen LogP contribution is -2.38. The summed E-state index contributed by atoms with van der Waals surface area (Å²) in [6.07, 6.45) is 5.66. The first-order chi connectivity index (χ1) is 9.49. The van der Waals surface area contributed by atoms with Crippen LogP contribution in [-0.2, 0) is 16.6 Å². The molecule has 1 fully saturated rings. The maximum atomic E-state index is 12.0. The van der Waals surface area contributed by atoms with E-state index in [9.17, 15) is 9.59 Å². The van der Waals surface area contributed by atoms with E-state index in [2.05, 4.69) is 10.4 Å². The number of carbonyl (C=O) groups excluding carboxylic acids is 1. The highest BCUT2D eigenvalue weighted by Crippen LogP contribution is 2.31. The molecule has 0 aliphatic heterocycles. The highest BCUT2D eigenvalue weighted by molar-refractivity contribution is 5.82. The average molecular weight is 280 g/mol. The number of nitrogens with two attached hydrogens (primary N) is 1. The first-order valence-corrected chi connectivity index (χ1v) is 6.73. The summed E-state index contributed by atoms with van der Waals surface area (Å²) in [5, 5.41) is 15.8. The van der Waals surface area contributed by atoms with Crippen LogP contribution in [0.4, 0.5) is 0 Å². The van der Waals surface area contributed by atoms with E-state index >= 15 is 0 Å². The molecule has 2 rings (SSSR count). The first-order valence-electron chi connectivity index (χ1n) is 6.73. The van der Waals surface area contributed by atoms with E-state index in [-0.39, 0.29) is 17.7 Å². The van der Waals surface area contributed by atoms with Gasteiger partial charge in [0.05, 0.1) is 12.1 Å². The van der Waals surface area contributed by atoms with Gasteiger partial charge < -0.3 is 16.2 Å². The molecule has 7 heteroatoms. The predicted octanol–water partition coefficient (Wildman–Crippen LogP) is 0.0370. The van der Waals surface area contributed by atoms with Crippen molar-refractivity contribution < 1.29 is 14.7 Å². The maximum Gasteiger partial charge on any atom is 0.306 e. The summed E-state index contributed by atoms with van der Waals surface area (Å²) in [6.45, 7) is 0.365. The molecule has 1 aliphatic rings. The van der Waals surface area contributed by atoms with Gasteiger partial charge in [-0.2, -0.15) is 5.10 Å². The third-order valence-electron chi connectivity index (χ3n) is 3.88. The quantitative estimate of drug-likeness (QED) is 0.705. The van der Waals surface area contributed by atoms with E-state index in [1.165, 1.54) is 0 Å². The second kappa shape index (κ2) is 6.04. The Morgan fingerprint density at radius 1 is 1.60 bits per heavy atom. The summed E-state index contributed by atoms with van der Waals surface area (Å²) in [4.78, 5) is 23.0. The minimum atomic E-state index is -0.779. The van der Waals surface area contributed by atoms with E-state index < -0.39 is 12.0 Å². The van der Waals surface area contributed by atoms with E-state index in [1.807, 2.05) is 0 Å². The van der Waals surface area contributed by atoms with Crippen LogP contribution in [0.15, 0.2) is 12.4 Å². The standard InChI is InChI=1S/C13H20N4O3/c1-17-7-9(6-16-17)11(14)12(18)15-5-8-3-2-4-10(8)13(19)20/h6-8,10-11H,2-5,14H2,1H3,(H,15,18)(H,19,20). The molecule has 0 bridgehead atoms. The van der Waals surface area contributed by atoms with E-state index in [0.29, 0.717) is 18.5 Å². The molecule has 20 heavy (non-hydrogen) atoms. The van der Waals surface area contributed by atoms with Gasteiger partial charge in [-0.1, -0.05) is 6.42 Å². The summed E-state index contributed by atoms with van der Waals surface area (Å²) in [6, 6.07) is -0.770. The van der Waals surface area contributed by atoms with Crippen molar-refractivity contribution in [3.63, 3.8) is 0 Å². The van der Waals surface area contributed by atoms with E-state index in [1.54, 1.807) is 24.1 Å². The number of nitrogens with zero attached hydrogens (tertiary/aromatic N) is 2. The van der Waals surface area contributed by atoms with Gasteiger partial charge in [0, 0.05) is 25.4 Å². The monoisotopic (exact) mass is 280 g/mol. The molecule has 0 aromatic carbocycles. The van der Waals surface area contributed by atoms with Crippen molar-refractivity contribution in [1.29, 1.82) is 0 Å². The third-order valence-corrected chi connectivity index (χ3v) is 3.88. The Bertz CT molecular complexity index is 500. The van der Waals surface area contributed by atoms with Crippen LogP contribution in [0, 0.1) is 11.8 Å². The van der Waals surface area contributed by atoms with Gasteiger partial charge >= 0.3 is 5.97 Å². The van der Waals surface area contributed by atoms with Crippen molar-refractivity contribution in [3.8, 4) is 0 Å². The van der Waals surface area contributed by atoms with Gasteiger partial charge in [0.1, 0.15) is 6.04 Å². The van der Waals surface area contributed by atoms with Crippen LogP contribution < -0.4 is 11.1 Å². The van der Waals surface area contributed by atoms with Crippen molar-refractivity contribution in [3.05, 3.63) is 18.0 Å². The van der Waals surface area contributed by atoms with E-state index in [4.69, 9.17) is 10.8 Å². The molecule has 3 unspecified atom stereocenters. The number of aryl methyl sites for hydroxylation is 1. The highest BCUT2D eigenvalue weighted by atomic mass is 16.4. The highest BCUT2D eigenvalue weighted by Gasteiger charge is 2.33. The smallest absolute Gasteiger partial charge is 0.306 e. The van der Waals surface area contributed by atoms with Gasteiger partial charge in [-0.05, 0) is 18.8 Å². The largest absolute Gasteiger partial charge is 0.481 e. The lowest BCUT2D eigenvalue weighted by molar-refractivity contribution is -0.143. The predicted molar refractivity (Wildman–Crippen MR) is 71.6 cm³/mol. The molecule has 0 saturated heterocycles. The number of carboxylic acids is 1. The van der Waals surface area contributed by atoms with Gasteiger partial charge in [0.25, 0.3) is 0 Å². The molecule has 1 amide bonds. The molecule has 0 radical (unpaired) electrons. The van der Waals surface area contributed by atoms with Gasteiger partial charge in [-0.25, -0.2) is 0 Å². The third kappa shape index (κ3) is 3.16. The zero-order chi connectivity index (χ0) is 14.7. The Balaban J connectivity index is 1.87. The molecule has 1 aromatic rings. The fourth-order valence-corrected chi connectivity index (χ4v) is 2.70. The fraction of sp³-hybridized carbons (Fsp3) is 0.615. The molecule has 0 spiro atoms. The zero-order valence-electron chi connectivity index (χ0n) is 11.5. The molecule has 1 heterocycles. The number of amides is 1. The van der Waals surface area contributed by atoms with Gasteiger partial charge in [-0.15, -0.1) is 0 Å². The van der Waals surface area contributed by atoms with Gasteiger partial charge in [-0.3, -0.25) is 14.3 Å². The van der Waals surface area contributed by atoms with Crippen LogP contribution in [0.5, 0.6) is 0 Å². The number of rotatable bonds is 5. The van der Waals surface area contributed by atoms with Crippen molar-refractivity contribution >= 4 is 11.9 Å². The van der Waals surface area contributed by atoms with Crippen molar-refractivity contribution in [2.24, 2.45) is 24.6 Å². The number of carboxylic acid groups (broad SMARTS) is 1. The fourth-order valence-electron chi connectivity index (χ4n) is 2.70. The Kier molecular flexibility index (Phi) is 4.39. The molecule has 7 nitrogen and oxygen atoms in total. The molecule has 110 valence electrons. The van der Waals surface area contributed by atoms with Gasteiger partial charge in [0.2, 0.25) is 5.91 Å². The summed E-state index contributed by atoms with van der Waals surface area (Å²) in [5.74, 6) is -1.44. The lowest BCUT2D eigenvalue weighted by Gasteiger charge is -2.17. The lowest BCUT2D eigenvalue weighted by atomic mass is 9.96. The number of nitrogens with one attached hydrogen (secondary N) is 1. The second-order valence-corrected chi connectivity index (χ2v) is 5.31. The van der Waals surface area contributed by atoms with Crippen molar-refractivity contribution in [1.82, 2.24) is 15.1 Å². The molecule has 3 atom stereocenters. The van der Waals surface area contributed by atoms with Crippen LogP contribution in [0.3, 0.4) is 0 Å². The zero-order valence-corrected chi connectivity index (χ0v) is 11.5. The van der Waals surface area contributed by atoms with Crippen LogP contribution in [-0.4, -0.2) is 33.3 Å². The summed E-state index contributed by atoms with van der Waals surface area (Å²) < 4.78 is 1.58. The van der Waals surface area contributed by atoms with Crippen LogP contribution in [0.2, 0.25) is 0 Å². The number of aromatic nitrogens is 2. The van der Waals surface area contributed by atoms with E-state index in [0.717, 1.165) is 12.8 Å². The minimum Gasteiger partial charge on any atom is -0.481 e. The second-order valence-electron chi connectivity index (χ2n) is 5.31. The van der Waals surface area contributed by atoms with Crippen molar-refractivity contribution in [2.45, 2.75) is 25.3 Å². The van der Waals surface area contributed by atoms with Crippen LogP contribution >= 0.6 is 0 Å². The summed E-state index contributed by atoms with van der Waals surface area (Å²) >= 11 is 0. The number of hydrogen-bond acceptors (Lipinski definition) is 4. The molecule has 4 N–H and O–H groups in total. The molecule has 1 saturated carbocycles. The number of aliphatic carboxylic acids is 1. The average Bonchev–Trinajstić information content (AvgIpc) is 3.03. The number of hydrogen-bond donors (Lipinski definition) is 3. The topological polar surface area (TPSA) is 110 Å². The normalized spacial score (nSPS) is 23.5. The van der Waals surface area contributed by atoms with Crippen LogP contribution in [0.25, 0.3) is 0 Å². The van der Waals surface area contributed by atoms with Gasteiger partial charge in [0.15, 0.2) is 0 Å². The Morgan fingerprint density at radius 2 is 2.35 bits per heavy atom. The van der Waals surface area contributed by atoms with Crippen molar-refractivity contribution in [2.75, 3.05) is 6.54 Å². The Hall–Kier alpha value is -1.89.